The van der Waals surface area contributed by atoms with Crippen molar-refractivity contribution in [2.75, 3.05) is 18.4 Å². The molecule has 0 radical (unpaired) electrons. The third-order valence-electron chi connectivity index (χ3n) is 2.62. The van der Waals surface area contributed by atoms with Crippen LogP contribution in [0.2, 0.25) is 0 Å². The van der Waals surface area contributed by atoms with Crippen LogP contribution in [0.5, 0.6) is 0 Å². The molecule has 1 aliphatic heterocycles. The lowest BCUT2D eigenvalue weighted by molar-refractivity contribution is -0.157. The maximum absolute atomic E-state index is 12.2. The minimum Gasteiger partial charge on any atom is -0.333 e. The summed E-state index contributed by atoms with van der Waals surface area (Å²) in [7, 11) is 0. The highest BCUT2D eigenvalue weighted by molar-refractivity contribution is 7.13. The van der Waals surface area contributed by atoms with Crippen LogP contribution in [-0.4, -0.2) is 41.0 Å². The summed E-state index contributed by atoms with van der Waals surface area (Å²) >= 11 is 1.20. The number of anilines is 1. The van der Waals surface area contributed by atoms with Gasteiger partial charge >= 0.3 is 6.18 Å². The monoisotopic (exact) mass is 293 g/mol. The van der Waals surface area contributed by atoms with Gasteiger partial charge in [-0.3, -0.25) is 9.59 Å². The molecule has 1 aromatic rings. The van der Waals surface area contributed by atoms with Crippen molar-refractivity contribution in [2.45, 2.75) is 12.6 Å². The van der Waals surface area contributed by atoms with Gasteiger partial charge in [-0.1, -0.05) is 0 Å². The lowest BCUT2D eigenvalue weighted by atomic mass is 10.1. The van der Waals surface area contributed by atoms with Crippen LogP contribution in [0.25, 0.3) is 0 Å². The van der Waals surface area contributed by atoms with E-state index in [4.69, 9.17) is 0 Å². The summed E-state index contributed by atoms with van der Waals surface area (Å²) in [5, 5.41) is 4.50. The van der Waals surface area contributed by atoms with Crippen molar-refractivity contribution >= 4 is 28.3 Å². The van der Waals surface area contributed by atoms with Crippen LogP contribution in [0.3, 0.4) is 0 Å². The average Bonchev–Trinajstić information content (AvgIpc) is 2.88. The summed E-state index contributed by atoms with van der Waals surface area (Å²) in [5.41, 5.74) is 0. The quantitative estimate of drug-likeness (QED) is 0.918. The highest BCUT2D eigenvalue weighted by Gasteiger charge is 2.40. The number of halogens is 3. The Morgan fingerprint density at radius 2 is 2.32 bits per heavy atom. The molecule has 0 aromatic carbocycles. The third-order valence-corrected chi connectivity index (χ3v) is 3.31. The molecule has 0 saturated carbocycles. The number of likely N-dealkylation sites (tertiary alicyclic amines) is 1. The number of amides is 2. The summed E-state index contributed by atoms with van der Waals surface area (Å²) in [6, 6.07) is 0. The minimum absolute atomic E-state index is 0.201. The van der Waals surface area contributed by atoms with Gasteiger partial charge in [-0.05, 0) is 0 Å². The predicted molar refractivity (Wildman–Crippen MR) is 61.5 cm³/mol. The van der Waals surface area contributed by atoms with E-state index in [0.29, 0.717) is 10.0 Å². The fourth-order valence-electron chi connectivity index (χ4n) is 1.81. The van der Waals surface area contributed by atoms with E-state index in [-0.39, 0.29) is 13.0 Å². The van der Waals surface area contributed by atoms with E-state index in [1.807, 2.05) is 0 Å². The fourth-order valence-corrected chi connectivity index (χ4v) is 2.34. The van der Waals surface area contributed by atoms with E-state index in [0.717, 1.165) is 0 Å². The Balaban J connectivity index is 1.93. The molecule has 1 N–H and O–H groups in total. The largest absolute Gasteiger partial charge is 0.406 e. The number of nitrogens with one attached hydrogen (secondary N) is 1. The molecule has 1 fully saturated rings. The first kappa shape index (κ1) is 13.8. The van der Waals surface area contributed by atoms with E-state index in [2.05, 4.69) is 10.3 Å². The zero-order chi connectivity index (χ0) is 14.0. The van der Waals surface area contributed by atoms with Crippen molar-refractivity contribution in [1.82, 2.24) is 9.88 Å². The van der Waals surface area contributed by atoms with E-state index < -0.39 is 30.5 Å². The Kier molecular flexibility index (Phi) is 3.74. The van der Waals surface area contributed by atoms with Gasteiger partial charge in [0.25, 0.3) is 0 Å². The standard InChI is InChI=1S/C10H10F3N3O2S/c11-10(12,13)5-16-4-6(3-7(16)17)8(18)15-9-14-1-2-19-9/h1-2,6H,3-5H2,(H,14,15,18)/t6-/m0/s1. The number of aromatic nitrogens is 1. The van der Waals surface area contributed by atoms with Crippen molar-refractivity contribution in [3.8, 4) is 0 Å². The normalized spacial score (nSPS) is 19.8. The molecule has 2 rings (SSSR count). The highest BCUT2D eigenvalue weighted by Crippen LogP contribution is 2.25. The Morgan fingerprint density at radius 3 is 2.89 bits per heavy atom. The molecular formula is C10H10F3N3O2S. The van der Waals surface area contributed by atoms with Gasteiger partial charge in [0.2, 0.25) is 11.8 Å². The van der Waals surface area contributed by atoms with Crippen molar-refractivity contribution in [2.24, 2.45) is 5.92 Å². The molecule has 0 bridgehead atoms. The van der Waals surface area contributed by atoms with Crippen LogP contribution in [0.1, 0.15) is 6.42 Å². The number of thiazole rings is 1. The number of carbonyl (C=O) groups excluding carboxylic acids is 2. The lowest BCUT2D eigenvalue weighted by Crippen LogP contribution is -2.36. The molecule has 1 aliphatic rings. The second-order valence-corrected chi connectivity index (χ2v) is 5.01. The van der Waals surface area contributed by atoms with Crippen LogP contribution >= 0.6 is 11.3 Å². The van der Waals surface area contributed by atoms with Crippen LogP contribution in [0.15, 0.2) is 11.6 Å². The lowest BCUT2D eigenvalue weighted by Gasteiger charge is -2.18. The predicted octanol–water partition coefficient (Wildman–Crippen LogP) is 1.49. The third kappa shape index (κ3) is 3.66. The Morgan fingerprint density at radius 1 is 1.58 bits per heavy atom. The summed E-state index contributed by atoms with van der Waals surface area (Å²) in [6.45, 7) is -1.53. The summed E-state index contributed by atoms with van der Waals surface area (Å²) < 4.78 is 36.6. The van der Waals surface area contributed by atoms with E-state index in [1.54, 1.807) is 5.38 Å². The second-order valence-electron chi connectivity index (χ2n) is 4.12. The first-order chi connectivity index (χ1) is 8.85. The molecule has 2 amide bonds. The molecule has 9 heteroatoms. The molecule has 19 heavy (non-hydrogen) atoms. The number of rotatable bonds is 3. The van der Waals surface area contributed by atoms with E-state index >= 15 is 0 Å². The van der Waals surface area contributed by atoms with Crippen LogP contribution < -0.4 is 5.32 Å². The molecule has 104 valence electrons. The van der Waals surface area contributed by atoms with Gasteiger partial charge in [-0.2, -0.15) is 13.2 Å². The topological polar surface area (TPSA) is 62.3 Å². The first-order valence-corrected chi connectivity index (χ1v) is 6.28. The SMILES string of the molecule is O=C(Nc1nccs1)[C@H]1CC(=O)N(CC(F)(F)F)C1. The zero-order valence-corrected chi connectivity index (χ0v) is 10.4. The average molecular weight is 293 g/mol. The molecule has 1 saturated heterocycles. The van der Waals surface area contributed by atoms with Gasteiger partial charge in [0.15, 0.2) is 5.13 Å². The van der Waals surface area contributed by atoms with Gasteiger partial charge < -0.3 is 10.2 Å². The summed E-state index contributed by atoms with van der Waals surface area (Å²) in [6.07, 6.45) is -3.15. The Bertz CT molecular complexity index is 475. The summed E-state index contributed by atoms with van der Waals surface area (Å²) in [5.74, 6) is -1.90. The summed E-state index contributed by atoms with van der Waals surface area (Å²) in [4.78, 5) is 27.7. The molecule has 0 spiro atoms. The Hall–Kier alpha value is -1.64. The number of alkyl halides is 3. The van der Waals surface area contributed by atoms with Crippen LogP contribution in [0, 0.1) is 5.92 Å². The number of hydrogen-bond acceptors (Lipinski definition) is 4. The van der Waals surface area contributed by atoms with Gasteiger partial charge in [0, 0.05) is 24.5 Å². The number of carbonyl (C=O) groups is 2. The molecule has 2 heterocycles. The number of hydrogen-bond donors (Lipinski definition) is 1. The van der Waals surface area contributed by atoms with Crippen LogP contribution in [0.4, 0.5) is 18.3 Å². The Labute approximate surface area is 110 Å². The van der Waals surface area contributed by atoms with Gasteiger partial charge in [0.05, 0.1) is 5.92 Å². The molecular weight excluding hydrogens is 283 g/mol. The maximum atomic E-state index is 12.2. The van der Waals surface area contributed by atoms with E-state index in [1.165, 1.54) is 17.5 Å². The molecule has 1 atom stereocenters. The number of nitrogens with zero attached hydrogens (tertiary/aromatic N) is 2. The van der Waals surface area contributed by atoms with Crippen molar-refractivity contribution in [3.63, 3.8) is 0 Å². The van der Waals surface area contributed by atoms with E-state index in [9.17, 15) is 22.8 Å². The van der Waals surface area contributed by atoms with Crippen LogP contribution in [-0.2, 0) is 9.59 Å². The first-order valence-electron chi connectivity index (χ1n) is 5.40. The van der Waals surface area contributed by atoms with Gasteiger partial charge in [-0.25, -0.2) is 4.98 Å². The molecule has 1 aromatic heterocycles. The van der Waals surface area contributed by atoms with Crippen molar-refractivity contribution in [1.29, 1.82) is 0 Å². The van der Waals surface area contributed by atoms with Crippen molar-refractivity contribution in [3.05, 3.63) is 11.6 Å². The maximum Gasteiger partial charge on any atom is 0.406 e. The molecule has 0 unspecified atom stereocenters. The minimum atomic E-state index is -4.45. The van der Waals surface area contributed by atoms with Crippen molar-refractivity contribution < 1.29 is 22.8 Å². The zero-order valence-electron chi connectivity index (χ0n) is 9.61. The highest BCUT2D eigenvalue weighted by atomic mass is 32.1. The molecule has 0 aliphatic carbocycles. The second kappa shape index (κ2) is 5.16. The fraction of sp³-hybridized carbons (Fsp3) is 0.500. The van der Waals surface area contributed by atoms with Gasteiger partial charge in [-0.15, -0.1) is 11.3 Å². The smallest absolute Gasteiger partial charge is 0.333 e. The molecule has 5 nitrogen and oxygen atoms in total. The van der Waals surface area contributed by atoms with Gasteiger partial charge in [0.1, 0.15) is 6.54 Å².